The minimum Gasteiger partial charge on any atom is -0.380 e. The number of methoxy groups -OCH3 is 1. The summed E-state index contributed by atoms with van der Waals surface area (Å²) in [6.45, 7) is 0.311. The van der Waals surface area contributed by atoms with Gasteiger partial charge in [0.2, 0.25) is 0 Å². The average molecular weight is 447 g/mol. The van der Waals surface area contributed by atoms with Crippen molar-refractivity contribution in [2.24, 2.45) is 0 Å². The van der Waals surface area contributed by atoms with Crippen molar-refractivity contribution < 1.29 is 14.3 Å². The number of thioether (sulfide) groups is 1. The van der Waals surface area contributed by atoms with Crippen molar-refractivity contribution in [1.82, 2.24) is 20.8 Å². The Kier molecular flexibility index (Phi) is 6.84. The van der Waals surface area contributed by atoms with Crippen molar-refractivity contribution in [2.45, 2.75) is 17.5 Å². The number of nitrogens with one attached hydrogen (secondary N) is 3. The number of ether oxygens (including phenoxy) is 1. The molecule has 4 rings (SSSR count). The van der Waals surface area contributed by atoms with E-state index in [2.05, 4.69) is 20.8 Å². The molecule has 1 aromatic heterocycles. The first-order valence-corrected chi connectivity index (χ1v) is 11.0. The number of hydrogen-bond donors (Lipinski definition) is 3. The van der Waals surface area contributed by atoms with E-state index in [0.29, 0.717) is 17.7 Å². The molecule has 7 nitrogen and oxygen atoms in total. The van der Waals surface area contributed by atoms with E-state index in [1.165, 1.54) is 0 Å². The molecule has 4 aromatic rings. The van der Waals surface area contributed by atoms with Gasteiger partial charge in [0.1, 0.15) is 0 Å². The van der Waals surface area contributed by atoms with Crippen molar-refractivity contribution in [3.05, 3.63) is 95.1 Å². The van der Waals surface area contributed by atoms with Crippen molar-refractivity contribution in [1.29, 1.82) is 0 Å². The number of aromatic nitrogens is 2. The molecule has 1 heterocycles. The largest absolute Gasteiger partial charge is 0.380 e. The molecule has 162 valence electrons. The number of aromatic amines is 1. The van der Waals surface area contributed by atoms with Crippen LogP contribution in [0.1, 0.15) is 31.8 Å². The summed E-state index contributed by atoms with van der Waals surface area (Å²) in [5, 5.41) is 0.851. The minimum absolute atomic E-state index is 0.311. The fraction of sp³-hybridized carbons (Fsp3) is 0.125. The van der Waals surface area contributed by atoms with Gasteiger partial charge in [0.15, 0.2) is 5.16 Å². The lowest BCUT2D eigenvalue weighted by Gasteiger charge is -2.11. The monoisotopic (exact) mass is 446 g/mol. The first-order chi connectivity index (χ1) is 15.6. The number of carbonyl (C=O) groups is 2. The fourth-order valence-corrected chi connectivity index (χ4v) is 4.02. The van der Waals surface area contributed by atoms with Crippen LogP contribution in [0.2, 0.25) is 0 Å². The quantitative estimate of drug-likeness (QED) is 0.294. The molecule has 0 atom stereocenters. The fourth-order valence-electron chi connectivity index (χ4n) is 3.18. The van der Waals surface area contributed by atoms with Crippen LogP contribution >= 0.6 is 11.8 Å². The van der Waals surface area contributed by atoms with Crippen LogP contribution in [-0.2, 0) is 17.1 Å². The molecular weight excluding hydrogens is 424 g/mol. The molecule has 0 spiro atoms. The molecule has 0 aliphatic heterocycles. The van der Waals surface area contributed by atoms with Crippen LogP contribution in [0.4, 0.5) is 0 Å². The molecule has 0 saturated heterocycles. The second kappa shape index (κ2) is 10.1. The smallest absolute Gasteiger partial charge is 0.270 e. The molecule has 0 bridgehead atoms. The molecule has 0 fully saturated rings. The summed E-state index contributed by atoms with van der Waals surface area (Å²) in [4.78, 5) is 32.7. The number of hydrogen-bond acceptors (Lipinski definition) is 5. The topological polar surface area (TPSA) is 96.1 Å². The van der Waals surface area contributed by atoms with Gasteiger partial charge < -0.3 is 9.72 Å². The Labute approximate surface area is 189 Å². The lowest BCUT2D eigenvalue weighted by Crippen LogP contribution is -2.42. The SMILES string of the molecule is COCc1ccccc1C(=O)NNC(=O)c1ccc(CSc2nc3ccccc3[nH]2)cc1. The highest BCUT2D eigenvalue weighted by atomic mass is 32.2. The number of nitrogens with zero attached hydrogens (tertiary/aromatic N) is 1. The Hall–Kier alpha value is -3.62. The number of rotatable bonds is 7. The van der Waals surface area contributed by atoms with Gasteiger partial charge in [-0.2, -0.15) is 0 Å². The van der Waals surface area contributed by atoms with E-state index in [1.54, 1.807) is 43.1 Å². The van der Waals surface area contributed by atoms with Gasteiger partial charge in [-0.1, -0.05) is 54.2 Å². The molecule has 0 aliphatic rings. The van der Waals surface area contributed by atoms with Crippen molar-refractivity contribution >= 4 is 34.6 Å². The van der Waals surface area contributed by atoms with Crippen LogP contribution in [-0.4, -0.2) is 28.9 Å². The van der Waals surface area contributed by atoms with Gasteiger partial charge >= 0.3 is 0 Å². The third-order valence-corrected chi connectivity index (χ3v) is 5.76. The minimum atomic E-state index is -0.398. The van der Waals surface area contributed by atoms with Gasteiger partial charge in [-0.15, -0.1) is 0 Å². The molecule has 0 unspecified atom stereocenters. The molecular formula is C24H22N4O3S. The third kappa shape index (κ3) is 5.16. The number of hydrazine groups is 1. The highest BCUT2D eigenvalue weighted by Gasteiger charge is 2.13. The summed E-state index contributed by atoms with van der Waals surface area (Å²) < 4.78 is 5.11. The molecule has 2 amide bonds. The Morgan fingerprint density at radius 2 is 1.66 bits per heavy atom. The molecule has 8 heteroatoms. The maximum absolute atomic E-state index is 12.4. The summed E-state index contributed by atoms with van der Waals surface area (Å²) in [5.74, 6) is -0.0710. The highest BCUT2D eigenvalue weighted by Crippen LogP contribution is 2.23. The van der Waals surface area contributed by atoms with Gasteiger partial charge in [0, 0.05) is 24.0 Å². The highest BCUT2D eigenvalue weighted by molar-refractivity contribution is 7.98. The van der Waals surface area contributed by atoms with Crippen LogP contribution in [0.3, 0.4) is 0 Å². The van der Waals surface area contributed by atoms with E-state index in [9.17, 15) is 9.59 Å². The van der Waals surface area contributed by atoms with Crippen LogP contribution in [0.25, 0.3) is 11.0 Å². The number of amides is 2. The predicted octanol–water partition coefficient (Wildman–Crippen LogP) is 4.08. The average Bonchev–Trinajstić information content (AvgIpc) is 3.25. The van der Waals surface area contributed by atoms with Crippen molar-refractivity contribution in [2.75, 3.05) is 7.11 Å². The zero-order valence-corrected chi connectivity index (χ0v) is 18.2. The molecule has 0 radical (unpaired) electrons. The summed E-state index contributed by atoms with van der Waals surface area (Å²) in [5.41, 5.74) is 9.57. The number of carbonyl (C=O) groups excluding carboxylic acids is 2. The van der Waals surface area contributed by atoms with E-state index in [-0.39, 0.29) is 5.91 Å². The second-order valence-corrected chi connectivity index (χ2v) is 8.01. The summed E-state index contributed by atoms with van der Waals surface area (Å²) >= 11 is 1.60. The predicted molar refractivity (Wildman–Crippen MR) is 124 cm³/mol. The van der Waals surface area contributed by atoms with E-state index in [1.807, 2.05) is 48.5 Å². The van der Waals surface area contributed by atoms with E-state index < -0.39 is 5.91 Å². The number of para-hydroxylation sites is 2. The first-order valence-electron chi connectivity index (χ1n) is 9.98. The second-order valence-electron chi connectivity index (χ2n) is 7.04. The van der Waals surface area contributed by atoms with Crippen molar-refractivity contribution in [3.8, 4) is 0 Å². The zero-order valence-electron chi connectivity index (χ0n) is 17.4. The van der Waals surface area contributed by atoms with Crippen LogP contribution < -0.4 is 10.9 Å². The van der Waals surface area contributed by atoms with Gasteiger partial charge in [0.05, 0.1) is 17.6 Å². The Bertz CT molecular complexity index is 1200. The Morgan fingerprint density at radius 3 is 2.44 bits per heavy atom. The first kappa shape index (κ1) is 21.6. The van der Waals surface area contributed by atoms with Crippen LogP contribution in [0, 0.1) is 0 Å². The van der Waals surface area contributed by atoms with Gasteiger partial charge in [-0.3, -0.25) is 20.4 Å². The summed E-state index contributed by atoms with van der Waals surface area (Å²) in [6.07, 6.45) is 0. The normalized spacial score (nSPS) is 10.8. The Morgan fingerprint density at radius 1 is 0.938 bits per heavy atom. The number of imidazole rings is 1. The van der Waals surface area contributed by atoms with Gasteiger partial charge in [-0.05, 0) is 41.5 Å². The number of fused-ring (bicyclic) bond motifs is 1. The van der Waals surface area contributed by atoms with Gasteiger partial charge in [0.25, 0.3) is 11.8 Å². The third-order valence-electron chi connectivity index (χ3n) is 4.81. The van der Waals surface area contributed by atoms with E-state index in [4.69, 9.17) is 4.74 Å². The molecule has 32 heavy (non-hydrogen) atoms. The van der Waals surface area contributed by atoms with E-state index in [0.717, 1.165) is 33.1 Å². The summed E-state index contributed by atoms with van der Waals surface area (Å²) in [7, 11) is 1.56. The van der Waals surface area contributed by atoms with Crippen LogP contribution in [0.5, 0.6) is 0 Å². The molecule has 0 saturated carbocycles. The molecule has 0 aliphatic carbocycles. The maximum Gasteiger partial charge on any atom is 0.270 e. The lowest BCUT2D eigenvalue weighted by molar-refractivity contribution is 0.0844. The van der Waals surface area contributed by atoms with Crippen molar-refractivity contribution in [3.63, 3.8) is 0 Å². The van der Waals surface area contributed by atoms with Gasteiger partial charge in [-0.25, -0.2) is 4.98 Å². The van der Waals surface area contributed by atoms with Crippen LogP contribution in [0.15, 0.2) is 78.0 Å². The summed E-state index contributed by atoms with van der Waals surface area (Å²) in [6, 6.07) is 22.2. The zero-order chi connectivity index (χ0) is 22.3. The molecule has 3 N–H and O–H groups in total. The van der Waals surface area contributed by atoms with E-state index >= 15 is 0 Å². The maximum atomic E-state index is 12.4. The Balaban J connectivity index is 1.31. The standard InChI is InChI=1S/C24H22N4O3S/c1-31-14-18-6-2-3-7-19(18)23(30)28-27-22(29)17-12-10-16(11-13-17)15-32-24-25-20-8-4-5-9-21(20)26-24/h2-13H,14-15H2,1H3,(H,25,26)(H,27,29)(H,28,30). The number of H-pyrrole nitrogens is 1. The lowest BCUT2D eigenvalue weighted by atomic mass is 10.1. The molecule has 3 aromatic carbocycles. The number of benzene rings is 3.